The number of hydrogen-bond acceptors (Lipinski definition) is 5. The van der Waals surface area contributed by atoms with Crippen LogP contribution >= 0.6 is 0 Å². The second-order valence-corrected chi connectivity index (χ2v) is 6.23. The Bertz CT molecular complexity index is 732. The summed E-state index contributed by atoms with van der Waals surface area (Å²) < 4.78 is 31.8. The normalized spacial score (nSPS) is 11.0. The summed E-state index contributed by atoms with van der Waals surface area (Å²) in [4.78, 5) is 4.02. The van der Waals surface area contributed by atoms with E-state index in [0.29, 0.717) is 17.1 Å². The maximum atomic E-state index is 12.7. The average molecular weight is 307 g/mol. The standard InChI is InChI=1S/C14H17N3O3S/c1-15-13-7-8-16-10-14(13)21(18,19)17(2)11-5-4-6-12(9-11)20-3/h4-10H,1-3H3,(H,15,16). The Kier molecular flexibility index (Phi) is 4.32. The molecule has 0 fully saturated rings. The third-order valence-corrected chi connectivity index (χ3v) is 4.92. The Morgan fingerprint density at radius 3 is 2.71 bits per heavy atom. The van der Waals surface area contributed by atoms with E-state index in [2.05, 4.69) is 10.3 Å². The predicted molar refractivity (Wildman–Crippen MR) is 82.4 cm³/mol. The maximum absolute atomic E-state index is 12.7. The van der Waals surface area contributed by atoms with Crippen LogP contribution in [0.25, 0.3) is 0 Å². The molecule has 0 aliphatic rings. The number of anilines is 2. The summed E-state index contributed by atoms with van der Waals surface area (Å²) in [5.74, 6) is 0.592. The van der Waals surface area contributed by atoms with Gasteiger partial charge >= 0.3 is 0 Å². The molecule has 7 heteroatoms. The SMILES string of the molecule is CNc1ccncc1S(=O)(=O)N(C)c1cccc(OC)c1. The molecule has 0 saturated carbocycles. The highest BCUT2D eigenvalue weighted by Gasteiger charge is 2.24. The van der Waals surface area contributed by atoms with Gasteiger partial charge in [-0.25, -0.2) is 8.42 Å². The van der Waals surface area contributed by atoms with Crippen molar-refractivity contribution in [2.75, 3.05) is 30.8 Å². The van der Waals surface area contributed by atoms with Crippen LogP contribution in [0.4, 0.5) is 11.4 Å². The minimum Gasteiger partial charge on any atom is -0.497 e. The maximum Gasteiger partial charge on any atom is 0.267 e. The van der Waals surface area contributed by atoms with Crippen LogP contribution < -0.4 is 14.4 Å². The van der Waals surface area contributed by atoms with E-state index in [1.807, 2.05) is 0 Å². The van der Waals surface area contributed by atoms with Gasteiger partial charge in [0, 0.05) is 32.6 Å². The summed E-state index contributed by atoms with van der Waals surface area (Å²) in [5, 5.41) is 2.86. The zero-order valence-electron chi connectivity index (χ0n) is 12.1. The lowest BCUT2D eigenvalue weighted by atomic mass is 10.3. The summed E-state index contributed by atoms with van der Waals surface area (Å²) in [6, 6.07) is 8.48. The topological polar surface area (TPSA) is 71.5 Å². The molecule has 0 bridgehead atoms. The van der Waals surface area contributed by atoms with Gasteiger partial charge in [-0.05, 0) is 18.2 Å². The van der Waals surface area contributed by atoms with Crippen molar-refractivity contribution in [2.24, 2.45) is 0 Å². The molecule has 0 spiro atoms. The van der Waals surface area contributed by atoms with Gasteiger partial charge in [0.15, 0.2) is 0 Å². The summed E-state index contributed by atoms with van der Waals surface area (Å²) in [6.07, 6.45) is 2.87. The first-order valence-electron chi connectivity index (χ1n) is 6.25. The summed E-state index contributed by atoms with van der Waals surface area (Å²) >= 11 is 0. The minimum atomic E-state index is -3.71. The Morgan fingerprint density at radius 2 is 2.05 bits per heavy atom. The molecule has 112 valence electrons. The molecule has 6 nitrogen and oxygen atoms in total. The summed E-state index contributed by atoms with van der Waals surface area (Å²) in [5.41, 5.74) is 1.01. The monoisotopic (exact) mass is 307 g/mol. The fraction of sp³-hybridized carbons (Fsp3) is 0.214. The van der Waals surface area contributed by atoms with Gasteiger partial charge in [-0.15, -0.1) is 0 Å². The van der Waals surface area contributed by atoms with Crippen molar-refractivity contribution >= 4 is 21.4 Å². The molecule has 0 aliphatic heterocycles. The van der Waals surface area contributed by atoms with Gasteiger partial charge in [-0.3, -0.25) is 9.29 Å². The van der Waals surface area contributed by atoms with Gasteiger partial charge in [-0.1, -0.05) is 6.07 Å². The highest BCUT2D eigenvalue weighted by molar-refractivity contribution is 7.93. The summed E-state index contributed by atoms with van der Waals surface area (Å²) in [6.45, 7) is 0. The van der Waals surface area contributed by atoms with Crippen LogP contribution in [0.2, 0.25) is 0 Å². The first-order chi connectivity index (χ1) is 10.0. The third-order valence-electron chi connectivity index (χ3n) is 3.11. The van der Waals surface area contributed by atoms with Crippen molar-refractivity contribution in [3.63, 3.8) is 0 Å². The molecule has 0 unspecified atom stereocenters. The Hall–Kier alpha value is -2.28. The molecule has 0 radical (unpaired) electrons. The second kappa shape index (κ2) is 6.01. The van der Waals surface area contributed by atoms with Crippen molar-refractivity contribution in [1.29, 1.82) is 0 Å². The number of nitrogens with zero attached hydrogens (tertiary/aromatic N) is 2. The van der Waals surface area contributed by atoms with Crippen molar-refractivity contribution in [3.8, 4) is 5.75 Å². The number of benzene rings is 1. The number of sulfonamides is 1. The van der Waals surface area contributed by atoms with Crippen LogP contribution in [0.1, 0.15) is 0 Å². The summed E-state index contributed by atoms with van der Waals surface area (Å²) in [7, 11) is 0.992. The van der Waals surface area contributed by atoms with E-state index < -0.39 is 10.0 Å². The number of ether oxygens (including phenoxy) is 1. The second-order valence-electron chi connectivity index (χ2n) is 4.30. The first-order valence-corrected chi connectivity index (χ1v) is 7.69. The number of methoxy groups -OCH3 is 1. The number of hydrogen-bond donors (Lipinski definition) is 1. The van der Waals surface area contributed by atoms with Crippen molar-refractivity contribution in [3.05, 3.63) is 42.7 Å². The predicted octanol–water partition coefficient (Wildman–Crippen LogP) is 1.96. The Morgan fingerprint density at radius 1 is 1.29 bits per heavy atom. The minimum absolute atomic E-state index is 0.123. The van der Waals surface area contributed by atoms with E-state index in [4.69, 9.17) is 4.74 Å². The smallest absolute Gasteiger partial charge is 0.267 e. The lowest BCUT2D eigenvalue weighted by Gasteiger charge is -2.21. The number of nitrogens with one attached hydrogen (secondary N) is 1. The van der Waals surface area contributed by atoms with Crippen molar-refractivity contribution in [2.45, 2.75) is 4.90 Å². The first kappa shape index (κ1) is 15.1. The van der Waals surface area contributed by atoms with Crippen LogP contribution in [-0.2, 0) is 10.0 Å². The Balaban J connectivity index is 2.47. The lowest BCUT2D eigenvalue weighted by Crippen LogP contribution is -2.27. The highest BCUT2D eigenvalue weighted by atomic mass is 32.2. The molecular weight excluding hydrogens is 290 g/mol. The number of pyridine rings is 1. The van der Waals surface area contributed by atoms with Gasteiger partial charge in [0.05, 0.1) is 18.5 Å². The van der Waals surface area contributed by atoms with E-state index in [1.54, 1.807) is 37.4 Å². The van der Waals surface area contributed by atoms with Crippen LogP contribution in [0.5, 0.6) is 5.75 Å². The van der Waals surface area contributed by atoms with Crippen LogP contribution in [-0.4, -0.2) is 34.6 Å². The molecule has 0 amide bonds. The largest absolute Gasteiger partial charge is 0.497 e. The number of aromatic nitrogens is 1. The molecule has 1 N–H and O–H groups in total. The van der Waals surface area contributed by atoms with E-state index >= 15 is 0 Å². The van der Waals surface area contributed by atoms with Gasteiger partial charge in [0.2, 0.25) is 0 Å². The average Bonchev–Trinajstić information content (AvgIpc) is 2.54. The van der Waals surface area contributed by atoms with Crippen LogP contribution in [0.3, 0.4) is 0 Å². The van der Waals surface area contributed by atoms with Crippen LogP contribution in [0, 0.1) is 0 Å². The van der Waals surface area contributed by atoms with Gasteiger partial charge in [-0.2, -0.15) is 0 Å². The van der Waals surface area contributed by atoms with Gasteiger partial charge in [0.25, 0.3) is 10.0 Å². The molecule has 1 heterocycles. The quantitative estimate of drug-likeness (QED) is 0.914. The van der Waals surface area contributed by atoms with Crippen LogP contribution in [0.15, 0.2) is 47.6 Å². The fourth-order valence-electron chi connectivity index (χ4n) is 1.88. The third kappa shape index (κ3) is 2.92. The zero-order valence-corrected chi connectivity index (χ0v) is 12.9. The molecule has 2 aromatic rings. The van der Waals surface area contributed by atoms with E-state index in [0.717, 1.165) is 0 Å². The lowest BCUT2D eigenvalue weighted by molar-refractivity contribution is 0.415. The fourth-order valence-corrected chi connectivity index (χ4v) is 3.21. The number of rotatable bonds is 5. The van der Waals surface area contributed by atoms with Gasteiger partial charge < -0.3 is 10.1 Å². The van der Waals surface area contributed by atoms with E-state index in [9.17, 15) is 8.42 Å². The Labute approximate surface area is 124 Å². The van der Waals surface area contributed by atoms with Crippen molar-refractivity contribution < 1.29 is 13.2 Å². The van der Waals surface area contributed by atoms with E-state index in [-0.39, 0.29) is 4.90 Å². The highest BCUT2D eigenvalue weighted by Crippen LogP contribution is 2.28. The van der Waals surface area contributed by atoms with Crippen molar-refractivity contribution in [1.82, 2.24) is 4.98 Å². The molecular formula is C14H17N3O3S. The molecule has 1 aromatic carbocycles. The molecule has 0 saturated heterocycles. The van der Waals surface area contributed by atoms with E-state index in [1.165, 1.54) is 30.9 Å². The van der Waals surface area contributed by atoms with Gasteiger partial charge in [0.1, 0.15) is 10.6 Å². The molecule has 0 atom stereocenters. The molecule has 1 aromatic heterocycles. The molecule has 0 aliphatic carbocycles. The molecule has 21 heavy (non-hydrogen) atoms. The zero-order chi connectivity index (χ0) is 15.5. The molecule has 2 rings (SSSR count).